The molecule has 2 aliphatic rings. The zero-order valence-corrected chi connectivity index (χ0v) is 16.5. The molecule has 5 rings (SSSR count). The van der Waals surface area contributed by atoms with Gasteiger partial charge in [-0.15, -0.1) is 0 Å². The number of nitrogens with zero attached hydrogens (tertiary/aromatic N) is 8. The van der Waals surface area contributed by atoms with E-state index in [1.807, 2.05) is 25.3 Å². The number of hydrogen-bond acceptors (Lipinski definition) is 9. The van der Waals surface area contributed by atoms with Crippen LogP contribution in [0.2, 0.25) is 0 Å². The smallest absolute Gasteiger partial charge is 0.227 e. The molecule has 0 bridgehead atoms. The minimum Gasteiger partial charge on any atom is -0.378 e. The van der Waals surface area contributed by atoms with Crippen molar-refractivity contribution in [3.8, 4) is 0 Å². The van der Waals surface area contributed by atoms with Gasteiger partial charge in [-0.3, -0.25) is 4.98 Å². The number of fused-ring (bicyclic) bond motifs is 1. The van der Waals surface area contributed by atoms with Gasteiger partial charge in [0.15, 0.2) is 0 Å². The third-order valence-corrected chi connectivity index (χ3v) is 5.42. The Morgan fingerprint density at radius 1 is 0.828 bits per heavy atom. The Kier molecular flexibility index (Phi) is 4.81. The lowest BCUT2D eigenvalue weighted by atomic mass is 10.2. The first kappa shape index (κ1) is 18.0. The third kappa shape index (κ3) is 3.65. The first-order valence-corrected chi connectivity index (χ1v) is 10.0. The number of aromatic nitrogens is 5. The van der Waals surface area contributed by atoms with Crippen molar-refractivity contribution in [2.75, 3.05) is 67.2 Å². The molecule has 3 aromatic heterocycles. The molecule has 0 unspecified atom stereocenters. The zero-order chi connectivity index (χ0) is 19.6. The fraction of sp³-hybridized carbons (Fsp3) is 0.450. The van der Waals surface area contributed by atoms with Crippen molar-refractivity contribution >= 4 is 28.5 Å². The van der Waals surface area contributed by atoms with Crippen LogP contribution in [0.4, 0.5) is 17.6 Å². The predicted octanol–water partition coefficient (Wildman–Crippen LogP) is 1.29. The van der Waals surface area contributed by atoms with E-state index in [2.05, 4.69) is 29.7 Å². The molecule has 2 aliphatic heterocycles. The fourth-order valence-electron chi connectivity index (χ4n) is 3.90. The maximum atomic E-state index is 5.45. The summed E-state index contributed by atoms with van der Waals surface area (Å²) in [4.78, 5) is 29.6. The summed E-state index contributed by atoms with van der Waals surface area (Å²) in [6.45, 7) is 8.59. The number of rotatable bonds is 3. The van der Waals surface area contributed by atoms with Crippen molar-refractivity contribution in [2.24, 2.45) is 0 Å². The van der Waals surface area contributed by atoms with Gasteiger partial charge >= 0.3 is 0 Å². The first-order valence-electron chi connectivity index (χ1n) is 10.0. The molecule has 150 valence electrons. The average molecular weight is 392 g/mol. The van der Waals surface area contributed by atoms with Gasteiger partial charge in [0, 0.05) is 57.0 Å². The summed E-state index contributed by atoms with van der Waals surface area (Å²) in [6, 6.07) is 3.97. The van der Waals surface area contributed by atoms with Crippen molar-refractivity contribution in [1.82, 2.24) is 24.9 Å². The fourth-order valence-corrected chi connectivity index (χ4v) is 3.90. The number of hydrogen-bond donors (Lipinski definition) is 0. The van der Waals surface area contributed by atoms with Crippen LogP contribution in [0.1, 0.15) is 5.82 Å². The molecule has 0 radical (unpaired) electrons. The van der Waals surface area contributed by atoms with E-state index in [0.29, 0.717) is 0 Å². The molecule has 5 heterocycles. The van der Waals surface area contributed by atoms with Crippen LogP contribution in [0.5, 0.6) is 0 Å². The predicted molar refractivity (Wildman–Crippen MR) is 112 cm³/mol. The molecular formula is C20H24N8O. The van der Waals surface area contributed by atoms with Gasteiger partial charge in [-0.05, 0) is 19.1 Å². The van der Waals surface area contributed by atoms with Crippen LogP contribution in [-0.2, 0) is 4.74 Å². The topological polar surface area (TPSA) is 83.4 Å². The molecular weight excluding hydrogens is 368 g/mol. The van der Waals surface area contributed by atoms with E-state index in [0.717, 1.165) is 86.8 Å². The van der Waals surface area contributed by atoms with Crippen molar-refractivity contribution in [1.29, 1.82) is 0 Å². The second-order valence-electron chi connectivity index (χ2n) is 7.28. The quantitative estimate of drug-likeness (QED) is 0.654. The van der Waals surface area contributed by atoms with E-state index < -0.39 is 0 Å². The summed E-state index contributed by atoms with van der Waals surface area (Å²) in [5.74, 6) is 3.52. The molecule has 9 heteroatoms. The highest BCUT2D eigenvalue weighted by Crippen LogP contribution is 2.25. The standard InChI is InChI=1S/C20H24N8O/c1-15-23-17-14-21-4-2-16(17)19(24-15)27-6-8-28(9-7-27)20-22-5-3-18(25-20)26-10-12-29-13-11-26/h2-5,14H,6-13H2,1H3. The highest BCUT2D eigenvalue weighted by atomic mass is 16.5. The monoisotopic (exact) mass is 392 g/mol. The van der Waals surface area contributed by atoms with E-state index in [9.17, 15) is 0 Å². The van der Waals surface area contributed by atoms with Gasteiger partial charge < -0.3 is 19.4 Å². The van der Waals surface area contributed by atoms with Gasteiger partial charge in [0.05, 0.1) is 24.9 Å². The lowest BCUT2D eigenvalue weighted by Gasteiger charge is -2.36. The van der Waals surface area contributed by atoms with Gasteiger partial charge in [0.2, 0.25) is 5.95 Å². The lowest BCUT2D eigenvalue weighted by Crippen LogP contribution is -2.47. The molecule has 0 atom stereocenters. The van der Waals surface area contributed by atoms with E-state index in [-0.39, 0.29) is 0 Å². The molecule has 0 aromatic carbocycles. The molecule has 3 aromatic rings. The lowest BCUT2D eigenvalue weighted by molar-refractivity contribution is 0.122. The first-order chi connectivity index (χ1) is 14.3. The number of morpholine rings is 1. The highest BCUT2D eigenvalue weighted by Gasteiger charge is 2.23. The summed E-state index contributed by atoms with van der Waals surface area (Å²) >= 11 is 0. The molecule has 0 saturated carbocycles. The van der Waals surface area contributed by atoms with E-state index >= 15 is 0 Å². The molecule has 0 amide bonds. The van der Waals surface area contributed by atoms with Crippen molar-refractivity contribution in [3.05, 3.63) is 36.5 Å². The normalized spacial score (nSPS) is 17.8. The van der Waals surface area contributed by atoms with Gasteiger partial charge in [-0.2, -0.15) is 4.98 Å². The van der Waals surface area contributed by atoms with Gasteiger partial charge in [-0.25, -0.2) is 15.0 Å². The van der Waals surface area contributed by atoms with E-state index in [4.69, 9.17) is 14.7 Å². The summed E-state index contributed by atoms with van der Waals surface area (Å²) in [7, 11) is 0. The Hall–Kier alpha value is -3.07. The van der Waals surface area contributed by atoms with Crippen LogP contribution in [0.15, 0.2) is 30.7 Å². The van der Waals surface area contributed by atoms with Crippen molar-refractivity contribution in [2.45, 2.75) is 6.92 Å². The molecule has 0 aliphatic carbocycles. The second kappa shape index (κ2) is 7.75. The maximum Gasteiger partial charge on any atom is 0.227 e. The summed E-state index contributed by atoms with van der Waals surface area (Å²) in [6.07, 6.45) is 5.45. The number of aryl methyl sites for hydroxylation is 1. The summed E-state index contributed by atoms with van der Waals surface area (Å²) < 4.78 is 5.45. The SMILES string of the molecule is Cc1nc(N2CCN(c3nccc(N4CCOCC4)n3)CC2)c2ccncc2n1. The molecule has 9 nitrogen and oxygen atoms in total. The number of ether oxygens (including phenoxy) is 1. The highest BCUT2D eigenvalue weighted by molar-refractivity contribution is 5.88. The summed E-state index contributed by atoms with van der Waals surface area (Å²) in [5.41, 5.74) is 0.888. The summed E-state index contributed by atoms with van der Waals surface area (Å²) in [5, 5.41) is 1.05. The number of pyridine rings is 1. The Morgan fingerprint density at radius 2 is 1.62 bits per heavy atom. The van der Waals surface area contributed by atoms with E-state index in [1.54, 1.807) is 12.4 Å². The van der Waals surface area contributed by atoms with Crippen LogP contribution in [0, 0.1) is 6.92 Å². The van der Waals surface area contributed by atoms with Gasteiger partial charge in [-0.1, -0.05) is 0 Å². The average Bonchev–Trinajstić information content (AvgIpc) is 2.79. The Labute approximate surface area is 169 Å². The Balaban J connectivity index is 1.32. The molecule has 2 fully saturated rings. The van der Waals surface area contributed by atoms with Crippen LogP contribution in [0.25, 0.3) is 10.9 Å². The third-order valence-electron chi connectivity index (χ3n) is 5.42. The molecule has 29 heavy (non-hydrogen) atoms. The molecule has 0 N–H and O–H groups in total. The largest absolute Gasteiger partial charge is 0.378 e. The van der Waals surface area contributed by atoms with Crippen LogP contribution >= 0.6 is 0 Å². The van der Waals surface area contributed by atoms with Crippen LogP contribution < -0.4 is 14.7 Å². The van der Waals surface area contributed by atoms with Crippen molar-refractivity contribution in [3.63, 3.8) is 0 Å². The number of anilines is 3. The minimum absolute atomic E-state index is 0.750. The van der Waals surface area contributed by atoms with Crippen LogP contribution in [-0.4, -0.2) is 77.4 Å². The Bertz CT molecular complexity index is 999. The zero-order valence-electron chi connectivity index (χ0n) is 16.5. The van der Waals surface area contributed by atoms with E-state index in [1.165, 1.54) is 0 Å². The van der Waals surface area contributed by atoms with Gasteiger partial charge in [0.1, 0.15) is 17.5 Å². The Morgan fingerprint density at radius 3 is 2.45 bits per heavy atom. The molecule has 0 spiro atoms. The maximum absolute atomic E-state index is 5.45. The van der Waals surface area contributed by atoms with Crippen molar-refractivity contribution < 1.29 is 4.74 Å². The number of piperazine rings is 1. The minimum atomic E-state index is 0.750. The van der Waals surface area contributed by atoms with Crippen LogP contribution in [0.3, 0.4) is 0 Å². The van der Waals surface area contributed by atoms with Gasteiger partial charge in [0.25, 0.3) is 0 Å². The second-order valence-corrected chi connectivity index (χ2v) is 7.28. The molecule has 2 saturated heterocycles.